The van der Waals surface area contributed by atoms with E-state index in [4.69, 9.17) is 16.6 Å². The molecule has 16 heavy (non-hydrogen) atoms. The van der Waals surface area contributed by atoms with Crippen LogP contribution in [0.1, 0.15) is 30.3 Å². The Morgan fingerprint density at radius 3 is 2.94 bits per heavy atom. The maximum atomic E-state index is 5.84. The molecule has 0 spiro atoms. The number of fused-ring (bicyclic) bond motifs is 1. The lowest BCUT2D eigenvalue weighted by Gasteiger charge is -2.05. The summed E-state index contributed by atoms with van der Waals surface area (Å²) in [6.07, 6.45) is 3.44. The first-order valence-corrected chi connectivity index (χ1v) is 6.36. The number of benzene rings is 1. The number of halogens is 1. The van der Waals surface area contributed by atoms with E-state index in [0.29, 0.717) is 11.9 Å². The lowest BCUT2D eigenvalue weighted by Crippen LogP contribution is -2.02. The molecule has 2 aromatic rings. The van der Waals surface area contributed by atoms with Gasteiger partial charge >= 0.3 is 0 Å². The summed E-state index contributed by atoms with van der Waals surface area (Å²) in [5.74, 6) is 1.80. The number of aryl methyl sites for hydroxylation is 2. The van der Waals surface area contributed by atoms with Crippen LogP contribution >= 0.6 is 11.6 Å². The minimum atomic E-state index is 0.648. The van der Waals surface area contributed by atoms with Gasteiger partial charge in [0.25, 0.3) is 0 Å². The van der Waals surface area contributed by atoms with Crippen LogP contribution in [0.15, 0.2) is 18.2 Å². The Bertz CT molecular complexity index is 526. The van der Waals surface area contributed by atoms with Crippen LogP contribution in [0.4, 0.5) is 0 Å². The van der Waals surface area contributed by atoms with E-state index < -0.39 is 0 Å². The first-order chi connectivity index (χ1) is 7.79. The van der Waals surface area contributed by atoms with Crippen molar-refractivity contribution in [1.82, 2.24) is 9.55 Å². The van der Waals surface area contributed by atoms with Gasteiger partial charge in [-0.25, -0.2) is 4.98 Å². The van der Waals surface area contributed by atoms with Crippen LogP contribution in [0.25, 0.3) is 11.0 Å². The average Bonchev–Trinajstić information content (AvgIpc) is 3.02. The van der Waals surface area contributed by atoms with Gasteiger partial charge in [-0.15, -0.1) is 11.6 Å². The molecule has 0 N–H and O–H groups in total. The van der Waals surface area contributed by atoms with Gasteiger partial charge in [-0.1, -0.05) is 6.07 Å². The van der Waals surface area contributed by atoms with Gasteiger partial charge in [0.15, 0.2) is 0 Å². The van der Waals surface area contributed by atoms with Gasteiger partial charge < -0.3 is 4.57 Å². The number of alkyl halides is 1. The summed E-state index contributed by atoms with van der Waals surface area (Å²) in [7, 11) is 0. The van der Waals surface area contributed by atoms with E-state index in [0.717, 1.165) is 17.8 Å². The highest BCUT2D eigenvalue weighted by Crippen LogP contribution is 2.38. The molecule has 1 heterocycles. The average molecular weight is 235 g/mol. The number of hydrogen-bond acceptors (Lipinski definition) is 1. The zero-order valence-electron chi connectivity index (χ0n) is 9.41. The Hall–Kier alpha value is -1.02. The molecule has 0 atom stereocenters. The lowest BCUT2D eigenvalue weighted by atomic mass is 10.2. The summed E-state index contributed by atoms with van der Waals surface area (Å²) in [6.45, 7) is 2.11. The maximum Gasteiger partial charge on any atom is 0.111 e. The zero-order valence-corrected chi connectivity index (χ0v) is 10.2. The summed E-state index contributed by atoms with van der Waals surface area (Å²) in [5, 5.41) is 0. The van der Waals surface area contributed by atoms with Gasteiger partial charge in [0, 0.05) is 18.3 Å². The molecule has 1 aliphatic carbocycles. The fraction of sp³-hybridized carbons (Fsp3) is 0.462. The molecule has 84 valence electrons. The highest BCUT2D eigenvalue weighted by atomic mass is 35.5. The SMILES string of the molecule is Cc1ccc2c(c1)nc(CCCl)n2C1CC1. The molecule has 3 heteroatoms. The largest absolute Gasteiger partial charge is 0.325 e. The number of aromatic nitrogens is 2. The highest BCUT2D eigenvalue weighted by molar-refractivity contribution is 6.17. The van der Waals surface area contributed by atoms with E-state index >= 15 is 0 Å². The van der Waals surface area contributed by atoms with E-state index in [1.807, 2.05) is 0 Å². The molecular formula is C13H15ClN2. The number of hydrogen-bond donors (Lipinski definition) is 0. The van der Waals surface area contributed by atoms with E-state index in [2.05, 4.69) is 29.7 Å². The topological polar surface area (TPSA) is 17.8 Å². The molecular weight excluding hydrogens is 220 g/mol. The summed E-state index contributed by atoms with van der Waals surface area (Å²) in [6, 6.07) is 7.18. The normalized spacial score (nSPS) is 15.9. The van der Waals surface area contributed by atoms with Crippen LogP contribution in [-0.2, 0) is 6.42 Å². The van der Waals surface area contributed by atoms with Gasteiger partial charge in [-0.3, -0.25) is 0 Å². The van der Waals surface area contributed by atoms with Crippen molar-refractivity contribution in [3.05, 3.63) is 29.6 Å². The van der Waals surface area contributed by atoms with Crippen molar-refractivity contribution in [2.75, 3.05) is 5.88 Å². The third-order valence-electron chi connectivity index (χ3n) is 3.15. The lowest BCUT2D eigenvalue weighted by molar-refractivity contribution is 0.709. The first kappa shape index (κ1) is 10.2. The Morgan fingerprint density at radius 1 is 1.44 bits per heavy atom. The molecule has 1 aromatic carbocycles. The molecule has 1 aliphatic rings. The minimum Gasteiger partial charge on any atom is -0.325 e. The molecule has 1 fully saturated rings. The van der Waals surface area contributed by atoms with Gasteiger partial charge in [0.1, 0.15) is 5.82 Å². The fourth-order valence-electron chi connectivity index (χ4n) is 2.26. The number of imidazole rings is 1. The third-order valence-corrected chi connectivity index (χ3v) is 3.34. The molecule has 1 saturated carbocycles. The molecule has 0 radical (unpaired) electrons. The predicted octanol–water partition coefficient (Wildman–Crippen LogP) is 3.46. The summed E-state index contributed by atoms with van der Waals surface area (Å²) < 4.78 is 2.39. The third kappa shape index (κ3) is 1.61. The van der Waals surface area contributed by atoms with Crippen LogP contribution in [0, 0.1) is 6.92 Å². The van der Waals surface area contributed by atoms with Crippen molar-refractivity contribution in [1.29, 1.82) is 0 Å². The standard InChI is InChI=1S/C13H15ClN2/c1-9-2-5-12-11(8-9)15-13(6-7-14)16(12)10-3-4-10/h2,5,8,10H,3-4,6-7H2,1H3. The molecule has 0 bridgehead atoms. The second kappa shape index (κ2) is 3.77. The second-order valence-electron chi connectivity index (χ2n) is 4.56. The van der Waals surface area contributed by atoms with Crippen molar-refractivity contribution in [3.8, 4) is 0 Å². The molecule has 0 amide bonds. The van der Waals surface area contributed by atoms with E-state index in [9.17, 15) is 0 Å². The van der Waals surface area contributed by atoms with Crippen molar-refractivity contribution in [2.24, 2.45) is 0 Å². The van der Waals surface area contributed by atoms with Gasteiger partial charge in [0.2, 0.25) is 0 Å². The predicted molar refractivity (Wildman–Crippen MR) is 67.2 cm³/mol. The second-order valence-corrected chi connectivity index (χ2v) is 4.94. The zero-order chi connectivity index (χ0) is 11.1. The Morgan fingerprint density at radius 2 is 2.25 bits per heavy atom. The van der Waals surface area contributed by atoms with Crippen molar-refractivity contribution >= 4 is 22.6 Å². The monoisotopic (exact) mass is 234 g/mol. The number of nitrogens with zero attached hydrogens (tertiary/aromatic N) is 2. The van der Waals surface area contributed by atoms with E-state index in [1.165, 1.54) is 23.9 Å². The molecule has 2 nitrogen and oxygen atoms in total. The molecule has 1 aromatic heterocycles. The van der Waals surface area contributed by atoms with Crippen molar-refractivity contribution < 1.29 is 0 Å². The van der Waals surface area contributed by atoms with Crippen molar-refractivity contribution in [2.45, 2.75) is 32.2 Å². The number of rotatable bonds is 3. The highest BCUT2D eigenvalue weighted by Gasteiger charge is 2.27. The van der Waals surface area contributed by atoms with Crippen LogP contribution in [0.3, 0.4) is 0 Å². The summed E-state index contributed by atoms with van der Waals surface area (Å²) in [4.78, 5) is 4.70. The minimum absolute atomic E-state index is 0.648. The summed E-state index contributed by atoms with van der Waals surface area (Å²) >= 11 is 5.84. The van der Waals surface area contributed by atoms with Crippen LogP contribution < -0.4 is 0 Å². The molecule has 0 saturated heterocycles. The first-order valence-electron chi connectivity index (χ1n) is 5.83. The van der Waals surface area contributed by atoms with Crippen LogP contribution in [0.5, 0.6) is 0 Å². The van der Waals surface area contributed by atoms with Crippen LogP contribution in [-0.4, -0.2) is 15.4 Å². The Balaban J connectivity index is 2.20. The summed E-state index contributed by atoms with van der Waals surface area (Å²) in [5.41, 5.74) is 3.66. The van der Waals surface area contributed by atoms with Crippen molar-refractivity contribution in [3.63, 3.8) is 0 Å². The fourth-order valence-corrected chi connectivity index (χ4v) is 2.43. The molecule has 3 rings (SSSR count). The van der Waals surface area contributed by atoms with Crippen LogP contribution in [0.2, 0.25) is 0 Å². The Kier molecular flexibility index (Phi) is 2.40. The van der Waals surface area contributed by atoms with Gasteiger partial charge in [-0.05, 0) is 37.5 Å². The molecule has 0 unspecified atom stereocenters. The van der Waals surface area contributed by atoms with E-state index in [1.54, 1.807) is 0 Å². The maximum absolute atomic E-state index is 5.84. The molecule has 0 aliphatic heterocycles. The quantitative estimate of drug-likeness (QED) is 0.744. The van der Waals surface area contributed by atoms with E-state index in [-0.39, 0.29) is 0 Å². The smallest absolute Gasteiger partial charge is 0.111 e. The van der Waals surface area contributed by atoms with Gasteiger partial charge in [-0.2, -0.15) is 0 Å². The van der Waals surface area contributed by atoms with Gasteiger partial charge in [0.05, 0.1) is 11.0 Å². The Labute approximate surface area is 100 Å².